The molecule has 1 aliphatic heterocycles. The Morgan fingerprint density at radius 3 is 2.59 bits per heavy atom. The molecule has 1 aromatic heterocycles. The fourth-order valence-electron chi connectivity index (χ4n) is 2.74. The van der Waals surface area contributed by atoms with E-state index >= 15 is 0 Å². The Morgan fingerprint density at radius 1 is 1.09 bits per heavy atom. The van der Waals surface area contributed by atoms with Gasteiger partial charge in [-0.15, -0.1) is 0 Å². The van der Waals surface area contributed by atoms with Crippen LogP contribution in [0.25, 0.3) is 11.4 Å². The first kappa shape index (κ1) is 14.8. The number of rotatable bonds is 6. The number of hydrogen-bond acceptors (Lipinski definition) is 4. The molecule has 0 spiro atoms. The Bertz CT molecular complexity index is 591. The number of hydrogen-bond donors (Lipinski definition) is 1. The third-order valence-electron chi connectivity index (χ3n) is 4.01. The topological polar surface area (TPSA) is 41.0 Å². The number of nitrogens with one attached hydrogen (secondary N) is 1. The molecule has 4 nitrogen and oxygen atoms in total. The highest BCUT2D eigenvalue weighted by Gasteiger charge is 2.16. The third kappa shape index (κ3) is 3.56. The zero-order valence-corrected chi connectivity index (χ0v) is 13.3. The molecule has 0 bridgehead atoms. The predicted molar refractivity (Wildman–Crippen MR) is 92.3 cm³/mol. The van der Waals surface area contributed by atoms with Gasteiger partial charge in [0, 0.05) is 31.3 Å². The van der Waals surface area contributed by atoms with Gasteiger partial charge >= 0.3 is 0 Å². The maximum Gasteiger partial charge on any atom is 0.163 e. The molecule has 1 aliphatic rings. The fourth-order valence-corrected chi connectivity index (χ4v) is 2.74. The van der Waals surface area contributed by atoms with Crippen molar-refractivity contribution in [1.29, 1.82) is 0 Å². The highest BCUT2D eigenvalue weighted by atomic mass is 15.2. The number of benzene rings is 1. The monoisotopic (exact) mass is 296 g/mol. The zero-order chi connectivity index (χ0) is 15.2. The van der Waals surface area contributed by atoms with Gasteiger partial charge in [0.25, 0.3) is 0 Å². The minimum atomic E-state index is 0.809. The molecule has 0 saturated carbocycles. The zero-order valence-electron chi connectivity index (χ0n) is 13.3. The Labute approximate surface area is 132 Å². The standard InChI is InChI=1S/C18H24N4/c1-2-3-11-19-16-14-17(22-12-7-8-13-22)21-18(20-16)15-9-5-4-6-10-15/h4-6,9-10,14H,2-3,7-8,11-13H2,1H3,(H,19,20,21). The smallest absolute Gasteiger partial charge is 0.163 e. The first-order valence-corrected chi connectivity index (χ1v) is 8.30. The molecular formula is C18H24N4. The number of anilines is 2. The summed E-state index contributed by atoms with van der Waals surface area (Å²) in [5.74, 6) is 2.79. The second-order valence-corrected chi connectivity index (χ2v) is 5.78. The summed E-state index contributed by atoms with van der Waals surface area (Å²) in [6.45, 7) is 5.35. The fraction of sp³-hybridized carbons (Fsp3) is 0.444. The summed E-state index contributed by atoms with van der Waals surface area (Å²) in [6.07, 6.45) is 4.85. The molecule has 1 saturated heterocycles. The van der Waals surface area contributed by atoms with Crippen LogP contribution in [0.15, 0.2) is 36.4 Å². The average molecular weight is 296 g/mol. The van der Waals surface area contributed by atoms with E-state index in [2.05, 4.69) is 35.3 Å². The van der Waals surface area contributed by atoms with E-state index in [4.69, 9.17) is 9.97 Å². The highest BCUT2D eigenvalue weighted by Crippen LogP contribution is 2.24. The van der Waals surface area contributed by atoms with Crippen LogP contribution in [-0.4, -0.2) is 29.6 Å². The van der Waals surface area contributed by atoms with Crippen LogP contribution in [-0.2, 0) is 0 Å². The Morgan fingerprint density at radius 2 is 1.86 bits per heavy atom. The maximum atomic E-state index is 4.79. The molecule has 4 heteroatoms. The van der Waals surface area contributed by atoms with Gasteiger partial charge in [0.2, 0.25) is 0 Å². The summed E-state index contributed by atoms with van der Waals surface area (Å²) >= 11 is 0. The summed E-state index contributed by atoms with van der Waals surface area (Å²) in [7, 11) is 0. The van der Waals surface area contributed by atoms with E-state index in [0.717, 1.165) is 49.1 Å². The van der Waals surface area contributed by atoms with Crippen LogP contribution in [0.5, 0.6) is 0 Å². The number of aromatic nitrogens is 2. The van der Waals surface area contributed by atoms with E-state index in [-0.39, 0.29) is 0 Å². The van der Waals surface area contributed by atoms with Crippen molar-refractivity contribution in [3.05, 3.63) is 36.4 Å². The molecule has 0 amide bonds. The van der Waals surface area contributed by atoms with Crippen LogP contribution in [0.1, 0.15) is 32.6 Å². The molecule has 0 radical (unpaired) electrons. The summed E-state index contributed by atoms with van der Waals surface area (Å²) in [4.78, 5) is 11.8. The van der Waals surface area contributed by atoms with E-state index in [1.165, 1.54) is 19.3 Å². The number of unbranched alkanes of at least 4 members (excludes halogenated alkanes) is 1. The van der Waals surface area contributed by atoms with E-state index in [1.807, 2.05) is 18.2 Å². The molecule has 0 atom stereocenters. The Kier molecular flexibility index (Phi) is 4.88. The maximum absolute atomic E-state index is 4.79. The largest absolute Gasteiger partial charge is 0.370 e. The van der Waals surface area contributed by atoms with Crippen LogP contribution in [0, 0.1) is 0 Å². The molecule has 116 valence electrons. The van der Waals surface area contributed by atoms with Crippen molar-refractivity contribution >= 4 is 11.6 Å². The number of nitrogens with zero attached hydrogens (tertiary/aromatic N) is 3. The van der Waals surface area contributed by atoms with Crippen LogP contribution < -0.4 is 10.2 Å². The van der Waals surface area contributed by atoms with E-state index in [9.17, 15) is 0 Å². The minimum absolute atomic E-state index is 0.809. The van der Waals surface area contributed by atoms with Gasteiger partial charge in [-0.3, -0.25) is 0 Å². The molecule has 2 heterocycles. The molecule has 0 aliphatic carbocycles. The van der Waals surface area contributed by atoms with Gasteiger partial charge in [-0.2, -0.15) is 0 Å². The average Bonchev–Trinajstić information content (AvgIpc) is 3.10. The second-order valence-electron chi connectivity index (χ2n) is 5.78. The van der Waals surface area contributed by atoms with Crippen LogP contribution in [0.4, 0.5) is 11.6 Å². The molecule has 1 N–H and O–H groups in total. The molecule has 2 aromatic rings. The van der Waals surface area contributed by atoms with Gasteiger partial charge in [0.05, 0.1) is 0 Å². The summed E-state index contributed by atoms with van der Waals surface area (Å²) in [6, 6.07) is 12.3. The predicted octanol–water partition coefficient (Wildman–Crippen LogP) is 3.96. The SMILES string of the molecule is CCCCNc1cc(N2CCCC2)nc(-c2ccccc2)n1. The lowest BCUT2D eigenvalue weighted by atomic mass is 10.2. The third-order valence-corrected chi connectivity index (χ3v) is 4.01. The summed E-state index contributed by atoms with van der Waals surface area (Å²) in [5.41, 5.74) is 1.07. The lowest BCUT2D eigenvalue weighted by molar-refractivity contribution is 0.829. The Balaban J connectivity index is 1.90. The van der Waals surface area contributed by atoms with Gasteiger partial charge in [-0.05, 0) is 19.3 Å². The van der Waals surface area contributed by atoms with Gasteiger partial charge in [-0.25, -0.2) is 9.97 Å². The van der Waals surface area contributed by atoms with Gasteiger partial charge < -0.3 is 10.2 Å². The van der Waals surface area contributed by atoms with E-state index in [1.54, 1.807) is 0 Å². The normalized spacial score (nSPS) is 14.3. The first-order valence-electron chi connectivity index (χ1n) is 8.30. The summed E-state index contributed by atoms with van der Waals surface area (Å²) < 4.78 is 0. The van der Waals surface area contributed by atoms with Crippen molar-refractivity contribution in [2.75, 3.05) is 29.9 Å². The Hall–Kier alpha value is -2.10. The quantitative estimate of drug-likeness (QED) is 0.819. The summed E-state index contributed by atoms with van der Waals surface area (Å²) in [5, 5.41) is 3.44. The molecule has 22 heavy (non-hydrogen) atoms. The van der Waals surface area contributed by atoms with E-state index in [0.29, 0.717) is 0 Å². The van der Waals surface area contributed by atoms with Gasteiger partial charge in [0.1, 0.15) is 11.6 Å². The van der Waals surface area contributed by atoms with Crippen LogP contribution >= 0.6 is 0 Å². The van der Waals surface area contributed by atoms with Crippen molar-refractivity contribution in [2.45, 2.75) is 32.6 Å². The van der Waals surface area contributed by atoms with Crippen LogP contribution in [0.3, 0.4) is 0 Å². The molecular weight excluding hydrogens is 272 g/mol. The molecule has 1 fully saturated rings. The lowest BCUT2D eigenvalue weighted by Crippen LogP contribution is -2.20. The minimum Gasteiger partial charge on any atom is -0.370 e. The first-order chi connectivity index (χ1) is 10.9. The molecule has 3 rings (SSSR count). The van der Waals surface area contributed by atoms with Crippen molar-refractivity contribution in [3.63, 3.8) is 0 Å². The second kappa shape index (κ2) is 7.25. The van der Waals surface area contributed by atoms with Crippen molar-refractivity contribution < 1.29 is 0 Å². The van der Waals surface area contributed by atoms with Gasteiger partial charge in [0.15, 0.2) is 5.82 Å². The lowest BCUT2D eigenvalue weighted by Gasteiger charge is -2.18. The molecule has 1 aromatic carbocycles. The van der Waals surface area contributed by atoms with Gasteiger partial charge in [-0.1, -0.05) is 43.7 Å². The van der Waals surface area contributed by atoms with Crippen molar-refractivity contribution in [2.24, 2.45) is 0 Å². The van der Waals surface area contributed by atoms with E-state index < -0.39 is 0 Å². The van der Waals surface area contributed by atoms with Crippen molar-refractivity contribution in [3.8, 4) is 11.4 Å². The molecule has 0 unspecified atom stereocenters. The van der Waals surface area contributed by atoms with Crippen molar-refractivity contribution in [1.82, 2.24) is 9.97 Å². The highest BCUT2D eigenvalue weighted by molar-refractivity contribution is 5.61. The van der Waals surface area contributed by atoms with Crippen LogP contribution in [0.2, 0.25) is 0 Å².